The molecule has 0 aliphatic rings. The Morgan fingerprint density at radius 2 is 2.21 bits per heavy atom. The highest BCUT2D eigenvalue weighted by molar-refractivity contribution is 7.80. The molecule has 2 nitrogen and oxygen atoms in total. The van der Waals surface area contributed by atoms with Gasteiger partial charge in [0.25, 0.3) is 0 Å². The number of thiocarbonyl (C=S) groups is 1. The van der Waals surface area contributed by atoms with Gasteiger partial charge in [-0.1, -0.05) is 24.4 Å². The summed E-state index contributed by atoms with van der Waals surface area (Å²) < 4.78 is 2.18. The molecule has 0 spiro atoms. The van der Waals surface area contributed by atoms with Gasteiger partial charge >= 0.3 is 0 Å². The zero-order valence-electron chi connectivity index (χ0n) is 8.03. The van der Waals surface area contributed by atoms with Gasteiger partial charge in [0.1, 0.15) is 4.99 Å². The molecule has 1 aromatic carbocycles. The average Bonchev–Trinajstić information content (AvgIpc) is 2.59. The van der Waals surface area contributed by atoms with Crippen molar-refractivity contribution in [1.29, 1.82) is 0 Å². The lowest BCUT2D eigenvalue weighted by atomic mass is 10.1. The number of hydrogen-bond acceptors (Lipinski definition) is 1. The van der Waals surface area contributed by atoms with Gasteiger partial charge in [-0.2, -0.15) is 0 Å². The van der Waals surface area contributed by atoms with Crippen molar-refractivity contribution in [2.45, 2.75) is 13.5 Å². The number of nitrogens with two attached hydrogens (primary N) is 1. The molecule has 0 unspecified atom stereocenters. The number of fused-ring (bicyclic) bond motifs is 1. The van der Waals surface area contributed by atoms with E-state index in [0.717, 1.165) is 12.1 Å². The summed E-state index contributed by atoms with van der Waals surface area (Å²) in [7, 11) is 0. The Balaban J connectivity index is 2.67. The van der Waals surface area contributed by atoms with Gasteiger partial charge < -0.3 is 10.3 Å². The van der Waals surface area contributed by atoms with E-state index in [1.54, 1.807) is 0 Å². The third kappa shape index (κ3) is 1.40. The lowest BCUT2D eigenvalue weighted by Gasteiger charge is -2.02. The molecule has 0 radical (unpaired) electrons. The zero-order valence-corrected chi connectivity index (χ0v) is 8.84. The second kappa shape index (κ2) is 3.42. The van der Waals surface area contributed by atoms with Crippen molar-refractivity contribution in [1.82, 2.24) is 4.57 Å². The number of rotatable bonds is 2. The molecular weight excluding hydrogens is 192 g/mol. The average molecular weight is 204 g/mol. The minimum absolute atomic E-state index is 0.454. The molecule has 0 aliphatic heterocycles. The van der Waals surface area contributed by atoms with Gasteiger partial charge in [-0.3, -0.25) is 0 Å². The van der Waals surface area contributed by atoms with Crippen molar-refractivity contribution in [3.8, 4) is 0 Å². The summed E-state index contributed by atoms with van der Waals surface area (Å²) in [5.74, 6) is 0. The molecule has 0 atom stereocenters. The summed E-state index contributed by atoms with van der Waals surface area (Å²) in [5.41, 5.74) is 7.71. The number of hydrogen-bond donors (Lipinski definition) is 1. The third-order valence-corrected chi connectivity index (χ3v) is 2.63. The van der Waals surface area contributed by atoms with E-state index >= 15 is 0 Å². The van der Waals surface area contributed by atoms with Crippen molar-refractivity contribution in [3.05, 3.63) is 36.0 Å². The van der Waals surface area contributed by atoms with E-state index in [1.165, 1.54) is 10.9 Å². The Kier molecular flexibility index (Phi) is 2.25. The SMILES string of the molecule is CCn1ccc2ccc(C(N)=S)cc21. The summed E-state index contributed by atoms with van der Waals surface area (Å²) in [5, 5.41) is 1.23. The predicted molar refractivity (Wildman–Crippen MR) is 63.5 cm³/mol. The van der Waals surface area contributed by atoms with E-state index in [9.17, 15) is 0 Å². The van der Waals surface area contributed by atoms with Crippen molar-refractivity contribution < 1.29 is 0 Å². The standard InChI is InChI=1S/C11H12N2S/c1-2-13-6-5-8-3-4-9(11(12)14)7-10(8)13/h3-7H,2H2,1H3,(H2,12,14). The van der Waals surface area contributed by atoms with E-state index in [1.807, 2.05) is 12.1 Å². The molecule has 0 aliphatic carbocycles. The van der Waals surface area contributed by atoms with Crippen LogP contribution in [0.4, 0.5) is 0 Å². The molecule has 0 fully saturated rings. The molecule has 2 aromatic rings. The van der Waals surface area contributed by atoms with Gasteiger partial charge in [0, 0.05) is 23.8 Å². The van der Waals surface area contributed by atoms with Crippen LogP contribution in [0.25, 0.3) is 10.9 Å². The minimum Gasteiger partial charge on any atom is -0.389 e. The highest BCUT2D eigenvalue weighted by atomic mass is 32.1. The molecule has 0 saturated carbocycles. The summed E-state index contributed by atoms with van der Waals surface area (Å²) in [6.07, 6.45) is 2.08. The molecule has 0 saturated heterocycles. The molecule has 1 heterocycles. The van der Waals surface area contributed by atoms with Gasteiger partial charge in [-0.25, -0.2) is 0 Å². The van der Waals surface area contributed by atoms with Crippen molar-refractivity contribution in [2.24, 2.45) is 5.73 Å². The first kappa shape index (κ1) is 9.21. The summed E-state index contributed by atoms with van der Waals surface area (Å²) >= 11 is 4.95. The number of aromatic nitrogens is 1. The fourth-order valence-corrected chi connectivity index (χ4v) is 1.74. The fraction of sp³-hybridized carbons (Fsp3) is 0.182. The largest absolute Gasteiger partial charge is 0.389 e. The Labute approximate surface area is 88.3 Å². The molecule has 0 bridgehead atoms. The van der Waals surface area contributed by atoms with Crippen molar-refractivity contribution in [2.75, 3.05) is 0 Å². The smallest absolute Gasteiger partial charge is 0.104 e. The molecule has 0 amide bonds. The third-order valence-electron chi connectivity index (χ3n) is 2.40. The molecule has 3 heteroatoms. The maximum atomic E-state index is 5.59. The number of aryl methyl sites for hydroxylation is 1. The molecule has 2 N–H and O–H groups in total. The van der Waals surface area contributed by atoms with E-state index < -0.39 is 0 Å². The van der Waals surface area contributed by atoms with Gasteiger partial charge in [0.15, 0.2) is 0 Å². The van der Waals surface area contributed by atoms with E-state index in [0.29, 0.717) is 4.99 Å². The van der Waals surface area contributed by atoms with Gasteiger partial charge in [0.05, 0.1) is 0 Å². The Hall–Kier alpha value is -1.35. The lowest BCUT2D eigenvalue weighted by Crippen LogP contribution is -2.09. The first-order chi connectivity index (χ1) is 6.72. The van der Waals surface area contributed by atoms with Gasteiger partial charge in [0.2, 0.25) is 0 Å². The zero-order chi connectivity index (χ0) is 10.1. The molecule has 14 heavy (non-hydrogen) atoms. The van der Waals surface area contributed by atoms with Crippen LogP contribution in [-0.4, -0.2) is 9.56 Å². The van der Waals surface area contributed by atoms with Crippen LogP contribution in [0.2, 0.25) is 0 Å². The van der Waals surface area contributed by atoms with Gasteiger partial charge in [-0.05, 0) is 24.4 Å². The molecular formula is C11H12N2S. The monoisotopic (exact) mass is 204 g/mol. The first-order valence-electron chi connectivity index (χ1n) is 4.61. The van der Waals surface area contributed by atoms with E-state index in [-0.39, 0.29) is 0 Å². The summed E-state index contributed by atoms with van der Waals surface area (Å²) in [4.78, 5) is 0.454. The normalized spacial score (nSPS) is 10.6. The second-order valence-corrected chi connectivity index (χ2v) is 3.68. The second-order valence-electron chi connectivity index (χ2n) is 3.24. The molecule has 1 aromatic heterocycles. The quantitative estimate of drug-likeness (QED) is 0.761. The lowest BCUT2D eigenvalue weighted by molar-refractivity contribution is 0.797. The highest BCUT2D eigenvalue weighted by Crippen LogP contribution is 2.17. The molecule has 72 valence electrons. The van der Waals surface area contributed by atoms with Crippen LogP contribution in [-0.2, 0) is 6.54 Å². The Morgan fingerprint density at radius 3 is 2.86 bits per heavy atom. The van der Waals surface area contributed by atoms with Crippen LogP contribution in [0.1, 0.15) is 12.5 Å². The highest BCUT2D eigenvalue weighted by Gasteiger charge is 2.02. The van der Waals surface area contributed by atoms with Crippen LogP contribution >= 0.6 is 12.2 Å². The van der Waals surface area contributed by atoms with Crippen LogP contribution in [0, 0.1) is 0 Å². The van der Waals surface area contributed by atoms with Crippen LogP contribution < -0.4 is 5.73 Å². The van der Waals surface area contributed by atoms with Crippen LogP contribution in [0.15, 0.2) is 30.5 Å². The number of nitrogens with zero attached hydrogens (tertiary/aromatic N) is 1. The Morgan fingerprint density at radius 1 is 1.43 bits per heavy atom. The van der Waals surface area contributed by atoms with Crippen LogP contribution in [0.3, 0.4) is 0 Å². The van der Waals surface area contributed by atoms with E-state index in [4.69, 9.17) is 18.0 Å². The van der Waals surface area contributed by atoms with Crippen LogP contribution in [0.5, 0.6) is 0 Å². The maximum Gasteiger partial charge on any atom is 0.104 e. The topological polar surface area (TPSA) is 30.9 Å². The van der Waals surface area contributed by atoms with E-state index in [2.05, 4.69) is 29.8 Å². The maximum absolute atomic E-state index is 5.59. The summed E-state index contributed by atoms with van der Waals surface area (Å²) in [6.45, 7) is 3.08. The van der Waals surface area contributed by atoms with Crippen molar-refractivity contribution in [3.63, 3.8) is 0 Å². The van der Waals surface area contributed by atoms with Crippen molar-refractivity contribution >= 4 is 28.1 Å². The van der Waals surface area contributed by atoms with Gasteiger partial charge in [-0.15, -0.1) is 0 Å². The Bertz CT molecular complexity index is 485. The number of benzene rings is 1. The summed E-state index contributed by atoms with van der Waals surface area (Å²) in [6, 6.07) is 8.16. The minimum atomic E-state index is 0.454. The molecule has 2 rings (SSSR count). The fourth-order valence-electron chi connectivity index (χ4n) is 1.61. The first-order valence-corrected chi connectivity index (χ1v) is 5.02. The predicted octanol–water partition coefficient (Wildman–Crippen LogP) is 2.30.